The number of aliphatic hydroxyl groups is 1. The van der Waals surface area contributed by atoms with Crippen molar-refractivity contribution in [2.75, 3.05) is 13.1 Å². The van der Waals surface area contributed by atoms with E-state index in [9.17, 15) is 9.90 Å². The molecule has 3 atom stereocenters. The van der Waals surface area contributed by atoms with E-state index < -0.39 is 5.60 Å². The average Bonchev–Trinajstić information content (AvgIpc) is 2.56. The van der Waals surface area contributed by atoms with Gasteiger partial charge in [0, 0.05) is 25.0 Å². The molecular formula is C22H30N2O2. The van der Waals surface area contributed by atoms with Gasteiger partial charge in [-0.05, 0) is 62.3 Å². The van der Waals surface area contributed by atoms with E-state index in [2.05, 4.69) is 40.5 Å². The summed E-state index contributed by atoms with van der Waals surface area (Å²) in [6, 6.07) is 10.8. The molecule has 5 fully saturated rings. The Morgan fingerprint density at radius 2 is 1.81 bits per heavy atom. The first-order chi connectivity index (χ1) is 12.5. The molecule has 0 aromatic heterocycles. The minimum absolute atomic E-state index is 0.0600. The number of amides is 1. The maximum atomic E-state index is 12.9. The van der Waals surface area contributed by atoms with E-state index in [1.807, 2.05) is 6.92 Å². The fourth-order valence-electron chi connectivity index (χ4n) is 6.43. The van der Waals surface area contributed by atoms with Crippen molar-refractivity contribution in [2.45, 2.75) is 62.6 Å². The average molecular weight is 354 g/mol. The minimum atomic E-state index is -0.427. The summed E-state index contributed by atoms with van der Waals surface area (Å²) in [6.07, 6.45) is 5.15. The van der Waals surface area contributed by atoms with Gasteiger partial charge in [-0.25, -0.2) is 0 Å². The van der Waals surface area contributed by atoms with Crippen molar-refractivity contribution in [2.24, 2.45) is 17.8 Å². The third-order valence-corrected chi connectivity index (χ3v) is 7.66. The number of nitrogens with zero attached hydrogens (tertiary/aromatic N) is 1. The van der Waals surface area contributed by atoms with Crippen LogP contribution in [0.5, 0.6) is 0 Å². The van der Waals surface area contributed by atoms with Gasteiger partial charge in [0.2, 0.25) is 5.91 Å². The number of benzene rings is 1. The Balaban J connectivity index is 1.18. The predicted octanol–water partition coefficient (Wildman–Crippen LogP) is 2.53. The van der Waals surface area contributed by atoms with Crippen molar-refractivity contribution >= 4 is 5.91 Å². The van der Waals surface area contributed by atoms with Gasteiger partial charge in [0.15, 0.2) is 0 Å². The largest absolute Gasteiger partial charge is 0.390 e. The molecule has 4 bridgehead atoms. The monoisotopic (exact) mass is 354 g/mol. The van der Waals surface area contributed by atoms with Gasteiger partial charge in [-0.2, -0.15) is 0 Å². The second kappa shape index (κ2) is 6.07. The Labute approximate surface area is 156 Å². The quantitative estimate of drug-likeness (QED) is 0.874. The van der Waals surface area contributed by atoms with Crippen LogP contribution in [0.15, 0.2) is 30.3 Å². The molecule has 1 aromatic rings. The summed E-state index contributed by atoms with van der Waals surface area (Å²) in [5.41, 5.74) is 0.953. The normalized spacial score (nSPS) is 40.2. The molecule has 1 aromatic carbocycles. The molecule has 1 amide bonds. The molecule has 4 saturated carbocycles. The van der Waals surface area contributed by atoms with Crippen LogP contribution >= 0.6 is 0 Å². The first-order valence-corrected chi connectivity index (χ1v) is 10.3. The van der Waals surface area contributed by atoms with Crippen LogP contribution in [-0.2, 0) is 4.79 Å². The number of nitrogens with one attached hydrogen (secondary N) is 1. The Morgan fingerprint density at radius 1 is 1.15 bits per heavy atom. The first-order valence-electron chi connectivity index (χ1n) is 10.3. The fourth-order valence-corrected chi connectivity index (χ4v) is 6.43. The van der Waals surface area contributed by atoms with Crippen LogP contribution in [0.1, 0.15) is 50.5 Å². The van der Waals surface area contributed by atoms with Crippen molar-refractivity contribution in [1.82, 2.24) is 10.2 Å². The number of rotatable bonds is 4. The summed E-state index contributed by atoms with van der Waals surface area (Å²) < 4.78 is 0. The number of hydrogen-bond donors (Lipinski definition) is 2. The molecular weight excluding hydrogens is 324 g/mol. The zero-order valence-electron chi connectivity index (χ0n) is 15.6. The summed E-state index contributed by atoms with van der Waals surface area (Å²) in [6.45, 7) is 3.98. The molecule has 4 nitrogen and oxygen atoms in total. The molecule has 1 saturated heterocycles. The smallest absolute Gasteiger partial charge is 0.237 e. The molecule has 0 radical (unpaired) electrons. The van der Waals surface area contributed by atoms with Crippen molar-refractivity contribution in [3.05, 3.63) is 35.9 Å². The maximum Gasteiger partial charge on any atom is 0.237 e. The van der Waals surface area contributed by atoms with Crippen LogP contribution < -0.4 is 5.32 Å². The summed E-state index contributed by atoms with van der Waals surface area (Å²) in [4.78, 5) is 15.2. The molecule has 26 heavy (non-hydrogen) atoms. The van der Waals surface area contributed by atoms with E-state index >= 15 is 0 Å². The van der Waals surface area contributed by atoms with Crippen LogP contribution in [0.2, 0.25) is 0 Å². The number of hydrogen-bond acceptors (Lipinski definition) is 3. The third kappa shape index (κ3) is 2.78. The van der Waals surface area contributed by atoms with Crippen LogP contribution in [0.4, 0.5) is 0 Å². The molecule has 140 valence electrons. The highest BCUT2D eigenvalue weighted by Crippen LogP contribution is 2.55. The standard InChI is InChI=1S/C22H30N2O2/c1-14(24-12-19(13-24)16-5-3-2-4-6-16)21(25)23-20-17-7-15-8-18(20)11-22(26,9-15)10-17/h2-6,14-15,17-20,26H,7-13H2,1H3,(H,23,25). The number of likely N-dealkylation sites (tertiary alicyclic amines) is 1. The van der Waals surface area contributed by atoms with Gasteiger partial charge >= 0.3 is 0 Å². The second-order valence-corrected chi connectivity index (χ2v) is 9.47. The summed E-state index contributed by atoms with van der Waals surface area (Å²) >= 11 is 0. The Hall–Kier alpha value is -1.39. The highest BCUT2D eigenvalue weighted by molar-refractivity contribution is 5.82. The molecule has 1 heterocycles. The molecule has 6 rings (SSSR count). The maximum absolute atomic E-state index is 12.9. The Bertz CT molecular complexity index is 669. The van der Waals surface area contributed by atoms with Gasteiger partial charge in [0.25, 0.3) is 0 Å². The van der Waals surface area contributed by atoms with E-state index in [1.54, 1.807) is 0 Å². The lowest BCUT2D eigenvalue weighted by Crippen LogP contribution is -2.64. The predicted molar refractivity (Wildman–Crippen MR) is 101 cm³/mol. The zero-order valence-corrected chi connectivity index (χ0v) is 15.6. The van der Waals surface area contributed by atoms with Gasteiger partial charge in [-0.15, -0.1) is 0 Å². The number of carbonyl (C=O) groups excluding carboxylic acids is 1. The molecule has 3 unspecified atom stereocenters. The first kappa shape index (κ1) is 16.8. The lowest BCUT2D eigenvalue weighted by Gasteiger charge is -2.58. The van der Waals surface area contributed by atoms with E-state index in [-0.39, 0.29) is 18.0 Å². The van der Waals surface area contributed by atoms with E-state index in [0.717, 1.165) is 32.4 Å². The molecule has 4 aliphatic carbocycles. The van der Waals surface area contributed by atoms with Crippen LogP contribution in [0.25, 0.3) is 0 Å². The third-order valence-electron chi connectivity index (χ3n) is 7.66. The molecule has 4 heteroatoms. The van der Waals surface area contributed by atoms with Crippen LogP contribution in [-0.4, -0.2) is 46.7 Å². The molecule has 5 aliphatic rings. The van der Waals surface area contributed by atoms with E-state index in [4.69, 9.17) is 0 Å². The van der Waals surface area contributed by atoms with Gasteiger partial charge < -0.3 is 10.4 Å². The summed E-state index contributed by atoms with van der Waals surface area (Å²) in [5.74, 6) is 2.39. The van der Waals surface area contributed by atoms with Crippen molar-refractivity contribution < 1.29 is 9.90 Å². The highest BCUT2D eigenvalue weighted by atomic mass is 16.3. The zero-order chi connectivity index (χ0) is 17.9. The second-order valence-electron chi connectivity index (χ2n) is 9.47. The van der Waals surface area contributed by atoms with Crippen LogP contribution in [0, 0.1) is 17.8 Å². The SMILES string of the molecule is CC(C(=O)NC1C2CC3CC1CC(O)(C3)C2)N1CC(c2ccccc2)C1. The van der Waals surface area contributed by atoms with Crippen molar-refractivity contribution in [3.8, 4) is 0 Å². The Kier molecular flexibility index (Phi) is 3.91. The molecule has 2 N–H and O–H groups in total. The van der Waals surface area contributed by atoms with E-state index in [1.165, 1.54) is 18.4 Å². The fraction of sp³-hybridized carbons (Fsp3) is 0.682. The van der Waals surface area contributed by atoms with Gasteiger partial charge in [-0.3, -0.25) is 9.69 Å². The minimum Gasteiger partial charge on any atom is -0.390 e. The molecule has 0 spiro atoms. The van der Waals surface area contributed by atoms with Gasteiger partial charge in [-0.1, -0.05) is 30.3 Å². The van der Waals surface area contributed by atoms with Gasteiger partial charge in [0.1, 0.15) is 0 Å². The Morgan fingerprint density at radius 3 is 2.42 bits per heavy atom. The molecule has 1 aliphatic heterocycles. The number of carbonyl (C=O) groups is 1. The van der Waals surface area contributed by atoms with E-state index in [0.29, 0.717) is 23.7 Å². The highest BCUT2D eigenvalue weighted by Gasteiger charge is 2.55. The van der Waals surface area contributed by atoms with Gasteiger partial charge in [0.05, 0.1) is 11.6 Å². The lowest BCUT2D eigenvalue weighted by molar-refractivity contribution is -0.149. The van der Waals surface area contributed by atoms with Crippen molar-refractivity contribution in [3.63, 3.8) is 0 Å². The lowest BCUT2D eigenvalue weighted by atomic mass is 9.52. The summed E-state index contributed by atoms with van der Waals surface area (Å²) in [7, 11) is 0. The topological polar surface area (TPSA) is 52.6 Å². The van der Waals surface area contributed by atoms with Crippen LogP contribution in [0.3, 0.4) is 0 Å². The van der Waals surface area contributed by atoms with Crippen molar-refractivity contribution in [1.29, 1.82) is 0 Å². The summed E-state index contributed by atoms with van der Waals surface area (Å²) in [5, 5.41) is 14.1.